The summed E-state index contributed by atoms with van der Waals surface area (Å²) in [5.41, 5.74) is 1.70. The molecule has 6 nitrogen and oxygen atoms in total. The maximum absolute atomic E-state index is 12.0. The first-order valence-corrected chi connectivity index (χ1v) is 9.67. The average Bonchev–Trinajstić information content (AvgIpc) is 2.77. The molecule has 0 bridgehead atoms. The number of hydrogen-bond acceptors (Lipinski definition) is 5. The zero-order valence-electron chi connectivity index (χ0n) is 16.5. The summed E-state index contributed by atoms with van der Waals surface area (Å²) in [7, 11) is 1.63. The van der Waals surface area contributed by atoms with Crippen molar-refractivity contribution in [2.45, 2.75) is 6.61 Å². The Hall–Kier alpha value is -3.58. The van der Waals surface area contributed by atoms with E-state index in [4.69, 9.17) is 26.4 Å². The highest BCUT2D eigenvalue weighted by Crippen LogP contribution is 2.20. The molecule has 0 unspecified atom stereocenters. The van der Waals surface area contributed by atoms with Crippen molar-refractivity contribution in [3.8, 4) is 17.2 Å². The number of anilines is 1. The van der Waals surface area contributed by atoms with Crippen LogP contribution in [0.1, 0.15) is 5.56 Å². The van der Waals surface area contributed by atoms with Gasteiger partial charge in [0.1, 0.15) is 23.9 Å². The number of hydrogen-bond donors (Lipinski definition) is 2. The molecule has 3 aromatic carbocycles. The van der Waals surface area contributed by atoms with Crippen molar-refractivity contribution in [2.24, 2.45) is 0 Å². The molecule has 0 saturated carbocycles. The molecule has 0 saturated heterocycles. The first-order chi connectivity index (χ1) is 14.6. The van der Waals surface area contributed by atoms with Crippen molar-refractivity contribution in [3.63, 3.8) is 0 Å². The van der Waals surface area contributed by atoms with Gasteiger partial charge in [0, 0.05) is 11.8 Å². The van der Waals surface area contributed by atoms with Crippen LogP contribution in [-0.4, -0.2) is 24.7 Å². The Bertz CT molecular complexity index is 995. The second-order valence-corrected chi connectivity index (χ2v) is 6.68. The van der Waals surface area contributed by atoms with Gasteiger partial charge in [-0.15, -0.1) is 0 Å². The van der Waals surface area contributed by atoms with Gasteiger partial charge in [-0.2, -0.15) is 0 Å². The third-order valence-electron chi connectivity index (χ3n) is 4.00. The summed E-state index contributed by atoms with van der Waals surface area (Å²) < 4.78 is 16.5. The van der Waals surface area contributed by atoms with Crippen LogP contribution in [0.2, 0.25) is 0 Å². The van der Waals surface area contributed by atoms with Crippen LogP contribution in [0.15, 0.2) is 78.9 Å². The quantitative estimate of drug-likeness (QED) is 0.531. The molecule has 7 heteroatoms. The van der Waals surface area contributed by atoms with Crippen LogP contribution in [-0.2, 0) is 11.4 Å². The molecule has 2 N–H and O–H groups in total. The van der Waals surface area contributed by atoms with Gasteiger partial charge >= 0.3 is 0 Å². The highest BCUT2D eigenvalue weighted by molar-refractivity contribution is 7.80. The number of para-hydroxylation sites is 1. The number of ether oxygens (including phenoxy) is 3. The second kappa shape index (κ2) is 10.8. The van der Waals surface area contributed by atoms with Crippen LogP contribution in [0.25, 0.3) is 0 Å². The minimum absolute atomic E-state index is 0.129. The molecule has 1 amide bonds. The molecule has 0 fully saturated rings. The van der Waals surface area contributed by atoms with Gasteiger partial charge in [0.2, 0.25) is 0 Å². The van der Waals surface area contributed by atoms with Gasteiger partial charge in [-0.1, -0.05) is 36.4 Å². The smallest absolute Gasteiger partial charge is 0.264 e. The fraction of sp³-hybridized carbons (Fsp3) is 0.130. The van der Waals surface area contributed by atoms with E-state index in [0.29, 0.717) is 23.8 Å². The zero-order chi connectivity index (χ0) is 21.2. The highest BCUT2D eigenvalue weighted by atomic mass is 32.1. The molecule has 0 aliphatic rings. The monoisotopic (exact) mass is 422 g/mol. The molecule has 0 radical (unpaired) electrons. The lowest BCUT2D eigenvalue weighted by molar-refractivity contribution is -0.121. The SMILES string of the molecule is COc1cccc(COc2cccc(NC(=S)NC(=O)COc3ccccc3)c2)c1. The molecule has 0 aromatic heterocycles. The lowest BCUT2D eigenvalue weighted by Gasteiger charge is -2.12. The van der Waals surface area contributed by atoms with Crippen LogP contribution in [0.3, 0.4) is 0 Å². The summed E-state index contributed by atoms with van der Waals surface area (Å²) in [4.78, 5) is 12.0. The summed E-state index contributed by atoms with van der Waals surface area (Å²) in [5, 5.41) is 5.74. The van der Waals surface area contributed by atoms with Crippen LogP contribution in [0.5, 0.6) is 17.2 Å². The van der Waals surface area contributed by atoms with E-state index in [1.54, 1.807) is 25.3 Å². The van der Waals surface area contributed by atoms with Gasteiger partial charge < -0.3 is 19.5 Å². The lowest BCUT2D eigenvalue weighted by Crippen LogP contribution is -2.37. The van der Waals surface area contributed by atoms with E-state index in [1.165, 1.54) is 0 Å². The van der Waals surface area contributed by atoms with Crippen LogP contribution in [0.4, 0.5) is 5.69 Å². The van der Waals surface area contributed by atoms with Crippen LogP contribution in [0, 0.1) is 0 Å². The van der Waals surface area contributed by atoms with Crippen LogP contribution < -0.4 is 24.8 Å². The summed E-state index contributed by atoms with van der Waals surface area (Å²) in [6.07, 6.45) is 0. The predicted octanol–water partition coefficient (Wildman–Crippen LogP) is 4.17. The molecule has 0 heterocycles. The highest BCUT2D eigenvalue weighted by Gasteiger charge is 2.07. The van der Waals surface area contributed by atoms with Gasteiger partial charge in [0.05, 0.1) is 7.11 Å². The Balaban J connectivity index is 1.47. The van der Waals surface area contributed by atoms with Crippen molar-refractivity contribution >= 4 is 28.9 Å². The molecule has 0 aliphatic carbocycles. The Morgan fingerprint density at radius 3 is 2.40 bits per heavy atom. The fourth-order valence-corrected chi connectivity index (χ4v) is 2.81. The fourth-order valence-electron chi connectivity index (χ4n) is 2.58. The minimum Gasteiger partial charge on any atom is -0.497 e. The number of carbonyl (C=O) groups excluding carboxylic acids is 1. The molecule has 3 aromatic rings. The number of amides is 1. The maximum atomic E-state index is 12.0. The Kier molecular flexibility index (Phi) is 7.63. The lowest BCUT2D eigenvalue weighted by atomic mass is 10.2. The van der Waals surface area contributed by atoms with E-state index in [2.05, 4.69) is 10.6 Å². The second-order valence-electron chi connectivity index (χ2n) is 6.27. The number of methoxy groups -OCH3 is 1. The number of nitrogens with one attached hydrogen (secondary N) is 2. The molecule has 30 heavy (non-hydrogen) atoms. The topological polar surface area (TPSA) is 68.8 Å². The van der Waals surface area contributed by atoms with Crippen molar-refractivity contribution in [2.75, 3.05) is 19.0 Å². The van der Waals surface area contributed by atoms with Gasteiger partial charge in [-0.25, -0.2) is 0 Å². The molecule has 0 atom stereocenters. The normalized spacial score (nSPS) is 10.0. The molecule has 0 aliphatic heterocycles. The molecular weight excluding hydrogens is 400 g/mol. The first-order valence-electron chi connectivity index (χ1n) is 9.27. The standard InChI is InChI=1S/C23H22N2O4S/c1-27-20-11-5-7-17(13-20)15-28-21-12-6-8-18(14-21)24-23(30)25-22(26)16-29-19-9-3-2-4-10-19/h2-14H,15-16H2,1H3,(H2,24,25,26,30). The minimum atomic E-state index is -0.346. The summed E-state index contributed by atoms with van der Waals surface area (Å²) in [6.45, 7) is 0.272. The Morgan fingerprint density at radius 2 is 1.60 bits per heavy atom. The van der Waals surface area contributed by atoms with E-state index in [0.717, 1.165) is 11.3 Å². The average molecular weight is 423 g/mol. The maximum Gasteiger partial charge on any atom is 0.264 e. The van der Waals surface area contributed by atoms with E-state index >= 15 is 0 Å². The molecular formula is C23H22N2O4S. The van der Waals surface area contributed by atoms with E-state index < -0.39 is 0 Å². The Labute approximate surface area is 180 Å². The number of benzene rings is 3. The Morgan fingerprint density at radius 1 is 0.867 bits per heavy atom. The van der Waals surface area contributed by atoms with Crippen molar-refractivity contribution in [3.05, 3.63) is 84.4 Å². The number of carbonyl (C=O) groups is 1. The summed E-state index contributed by atoms with van der Waals surface area (Å²) >= 11 is 5.20. The molecule has 0 spiro atoms. The van der Waals surface area contributed by atoms with Gasteiger partial charge in [-0.05, 0) is 54.2 Å². The van der Waals surface area contributed by atoms with E-state index in [-0.39, 0.29) is 17.6 Å². The zero-order valence-corrected chi connectivity index (χ0v) is 17.3. The molecule has 154 valence electrons. The third kappa shape index (κ3) is 6.79. The van der Waals surface area contributed by atoms with Gasteiger partial charge in [-0.3, -0.25) is 10.1 Å². The summed E-state index contributed by atoms with van der Waals surface area (Å²) in [5.74, 6) is 1.72. The van der Waals surface area contributed by atoms with Crippen molar-refractivity contribution < 1.29 is 19.0 Å². The first kappa shape index (κ1) is 21.1. The largest absolute Gasteiger partial charge is 0.497 e. The van der Waals surface area contributed by atoms with Gasteiger partial charge in [0.25, 0.3) is 5.91 Å². The number of rotatable bonds is 8. The molecule has 3 rings (SSSR count). The predicted molar refractivity (Wildman–Crippen MR) is 120 cm³/mol. The number of thiocarbonyl (C=S) groups is 1. The third-order valence-corrected chi connectivity index (χ3v) is 4.20. The van der Waals surface area contributed by atoms with Crippen LogP contribution >= 0.6 is 12.2 Å². The van der Waals surface area contributed by atoms with E-state index in [9.17, 15) is 4.79 Å². The summed E-state index contributed by atoms with van der Waals surface area (Å²) in [6, 6.07) is 24.1. The van der Waals surface area contributed by atoms with Gasteiger partial charge in [0.15, 0.2) is 11.7 Å². The van der Waals surface area contributed by atoms with E-state index in [1.807, 2.05) is 60.7 Å². The van der Waals surface area contributed by atoms with Crippen molar-refractivity contribution in [1.82, 2.24) is 5.32 Å². The van der Waals surface area contributed by atoms with Crippen molar-refractivity contribution in [1.29, 1.82) is 0 Å².